The van der Waals surface area contributed by atoms with E-state index >= 15 is 0 Å². The number of imidazole rings is 1. The van der Waals surface area contributed by atoms with Gasteiger partial charge in [-0.05, 0) is 0 Å². The third-order valence-corrected chi connectivity index (χ3v) is 1.31. The van der Waals surface area contributed by atoms with Crippen molar-refractivity contribution in [3.8, 4) is 0 Å². The molecule has 0 atom stereocenters. The van der Waals surface area contributed by atoms with Crippen LogP contribution in [0.2, 0.25) is 0 Å². The summed E-state index contributed by atoms with van der Waals surface area (Å²) in [7, 11) is 0. The number of rotatable bonds is 0. The number of aromatic nitrogens is 4. The molecule has 2 aromatic heterocycles. The molecule has 6 nitrogen and oxygen atoms in total. The van der Waals surface area contributed by atoms with E-state index in [1.165, 1.54) is 6.33 Å². The standard InChI is InChI=1S/C5H5N5O.Na.H/c6-5-9-3-2(4(11)10-5)7-1-8-3;;/h1H,(H4,6,7,8,9,10,11);;. The summed E-state index contributed by atoms with van der Waals surface area (Å²) in [5, 5.41) is 0. The van der Waals surface area contributed by atoms with Crippen molar-refractivity contribution >= 4 is 46.7 Å². The molecule has 2 heterocycles. The second-order valence-corrected chi connectivity index (χ2v) is 2.05. The van der Waals surface area contributed by atoms with Gasteiger partial charge in [0.1, 0.15) is 0 Å². The first-order chi connectivity index (χ1) is 5.27. The normalized spacial score (nSPS) is 9.67. The molecule has 0 bridgehead atoms. The van der Waals surface area contributed by atoms with Crippen LogP contribution in [0.1, 0.15) is 0 Å². The number of nitrogen functional groups attached to an aromatic ring is 1. The fourth-order valence-corrected chi connectivity index (χ4v) is 0.863. The molecule has 0 aliphatic rings. The van der Waals surface area contributed by atoms with E-state index in [0.29, 0.717) is 5.65 Å². The number of H-pyrrole nitrogens is 2. The number of nitrogens with zero attached hydrogens (tertiary/aromatic N) is 2. The molecule has 58 valence electrons. The molecule has 0 aromatic carbocycles. The number of aromatic amines is 2. The van der Waals surface area contributed by atoms with E-state index in [1.54, 1.807) is 0 Å². The van der Waals surface area contributed by atoms with E-state index in [4.69, 9.17) is 5.73 Å². The van der Waals surface area contributed by atoms with Gasteiger partial charge in [-0.15, -0.1) is 0 Å². The maximum absolute atomic E-state index is 11.0. The Balaban J connectivity index is 0.000000720. The van der Waals surface area contributed by atoms with Gasteiger partial charge in [-0.3, -0.25) is 9.78 Å². The Hall–Kier alpha value is -0.850. The first-order valence-corrected chi connectivity index (χ1v) is 2.96. The molecule has 4 N–H and O–H groups in total. The van der Waals surface area contributed by atoms with Gasteiger partial charge in [0, 0.05) is 0 Å². The van der Waals surface area contributed by atoms with Gasteiger partial charge < -0.3 is 10.7 Å². The molecule has 7 heteroatoms. The van der Waals surface area contributed by atoms with Gasteiger partial charge in [-0.1, -0.05) is 0 Å². The van der Waals surface area contributed by atoms with E-state index in [9.17, 15) is 4.79 Å². The van der Waals surface area contributed by atoms with Crippen LogP contribution in [-0.4, -0.2) is 49.5 Å². The predicted octanol–water partition coefficient (Wildman–Crippen LogP) is -1.42. The third-order valence-electron chi connectivity index (χ3n) is 1.31. The van der Waals surface area contributed by atoms with Crippen molar-refractivity contribution in [3.05, 3.63) is 16.7 Å². The summed E-state index contributed by atoms with van der Waals surface area (Å²) in [6, 6.07) is 0. The second kappa shape index (κ2) is 3.26. The van der Waals surface area contributed by atoms with Crippen molar-refractivity contribution in [2.75, 3.05) is 5.73 Å². The zero-order chi connectivity index (χ0) is 7.84. The average Bonchev–Trinajstić information content (AvgIpc) is 2.34. The summed E-state index contributed by atoms with van der Waals surface area (Å²) in [6.45, 7) is 0. The maximum atomic E-state index is 11.0. The number of fused-ring (bicyclic) bond motifs is 1. The van der Waals surface area contributed by atoms with Gasteiger partial charge in [0.25, 0.3) is 5.56 Å². The molecule has 0 aliphatic heterocycles. The van der Waals surface area contributed by atoms with E-state index in [2.05, 4.69) is 19.9 Å². The summed E-state index contributed by atoms with van der Waals surface area (Å²) in [4.78, 5) is 23.6. The van der Waals surface area contributed by atoms with Gasteiger partial charge in [0.2, 0.25) is 5.95 Å². The first kappa shape index (κ1) is 9.24. The van der Waals surface area contributed by atoms with Crippen LogP contribution in [0.5, 0.6) is 0 Å². The molecule has 0 fully saturated rings. The van der Waals surface area contributed by atoms with Crippen molar-refractivity contribution in [1.29, 1.82) is 0 Å². The van der Waals surface area contributed by atoms with Crippen molar-refractivity contribution in [3.63, 3.8) is 0 Å². The molecule has 2 aromatic rings. The van der Waals surface area contributed by atoms with Crippen molar-refractivity contribution in [2.24, 2.45) is 0 Å². The van der Waals surface area contributed by atoms with Crippen LogP contribution in [-0.2, 0) is 0 Å². The molecule has 0 amide bonds. The van der Waals surface area contributed by atoms with Crippen LogP contribution in [0.4, 0.5) is 5.95 Å². The van der Waals surface area contributed by atoms with E-state index in [-0.39, 0.29) is 46.6 Å². The predicted molar refractivity (Wildman–Crippen MR) is 46.1 cm³/mol. The van der Waals surface area contributed by atoms with Crippen LogP contribution in [0, 0.1) is 0 Å². The minimum absolute atomic E-state index is 0. The van der Waals surface area contributed by atoms with Crippen LogP contribution in [0.15, 0.2) is 11.1 Å². The van der Waals surface area contributed by atoms with Crippen LogP contribution < -0.4 is 11.3 Å². The van der Waals surface area contributed by atoms with Gasteiger partial charge in [-0.2, -0.15) is 4.98 Å². The Kier molecular flexibility index (Phi) is 2.51. The number of hydrogen-bond acceptors (Lipinski definition) is 4. The SMILES string of the molecule is Nc1nc2[nH]cnc2c(=O)[nH]1.[NaH]. The van der Waals surface area contributed by atoms with E-state index in [0.717, 1.165) is 0 Å². The monoisotopic (exact) mass is 175 g/mol. The summed E-state index contributed by atoms with van der Waals surface area (Å²) < 4.78 is 0. The molecular weight excluding hydrogens is 169 g/mol. The second-order valence-electron chi connectivity index (χ2n) is 2.05. The Morgan fingerprint density at radius 3 is 3.00 bits per heavy atom. The molecule has 0 saturated heterocycles. The Labute approximate surface area is 88.9 Å². The van der Waals surface area contributed by atoms with Gasteiger partial charge in [-0.25, -0.2) is 4.98 Å². The summed E-state index contributed by atoms with van der Waals surface area (Å²) in [6.07, 6.45) is 1.40. The quantitative estimate of drug-likeness (QED) is 0.428. The molecule has 12 heavy (non-hydrogen) atoms. The topological polar surface area (TPSA) is 100 Å². The number of anilines is 1. The summed E-state index contributed by atoms with van der Waals surface area (Å²) in [5.74, 6) is 0.0896. The Bertz CT molecular complexity index is 446. The molecule has 0 aliphatic carbocycles. The molecular formula is C5H6N5NaO. The van der Waals surface area contributed by atoms with Crippen LogP contribution in [0.3, 0.4) is 0 Å². The van der Waals surface area contributed by atoms with E-state index in [1.807, 2.05) is 0 Å². The fraction of sp³-hybridized carbons (Fsp3) is 0. The zero-order valence-electron chi connectivity index (χ0n) is 5.46. The van der Waals surface area contributed by atoms with Gasteiger partial charge in [0.15, 0.2) is 11.2 Å². The van der Waals surface area contributed by atoms with Crippen molar-refractivity contribution in [2.45, 2.75) is 0 Å². The summed E-state index contributed by atoms with van der Waals surface area (Å²) >= 11 is 0. The fourth-order valence-electron chi connectivity index (χ4n) is 0.863. The van der Waals surface area contributed by atoms with Gasteiger partial charge in [0.05, 0.1) is 6.33 Å². The molecule has 0 unspecified atom stereocenters. The third kappa shape index (κ3) is 1.36. The zero-order valence-corrected chi connectivity index (χ0v) is 5.46. The van der Waals surface area contributed by atoms with E-state index < -0.39 is 0 Å². The van der Waals surface area contributed by atoms with Crippen LogP contribution in [0.25, 0.3) is 11.2 Å². The molecule has 0 spiro atoms. The van der Waals surface area contributed by atoms with Crippen LogP contribution >= 0.6 is 0 Å². The Morgan fingerprint density at radius 1 is 1.50 bits per heavy atom. The first-order valence-electron chi connectivity index (χ1n) is 2.96. The van der Waals surface area contributed by atoms with Crippen molar-refractivity contribution < 1.29 is 0 Å². The number of nitrogens with one attached hydrogen (secondary N) is 2. The number of nitrogens with two attached hydrogens (primary N) is 1. The summed E-state index contributed by atoms with van der Waals surface area (Å²) in [5.41, 5.74) is 5.63. The molecule has 0 radical (unpaired) electrons. The molecule has 2 rings (SSSR count). The van der Waals surface area contributed by atoms with Gasteiger partial charge >= 0.3 is 29.6 Å². The number of hydrogen-bond donors (Lipinski definition) is 3. The van der Waals surface area contributed by atoms with Crippen molar-refractivity contribution in [1.82, 2.24) is 19.9 Å². The minimum atomic E-state index is -0.325. The molecule has 0 saturated carbocycles. The average molecular weight is 175 g/mol. The Morgan fingerprint density at radius 2 is 2.25 bits per heavy atom.